The van der Waals surface area contributed by atoms with Crippen LogP contribution >= 0.6 is 0 Å². The average Bonchev–Trinajstić information content (AvgIpc) is 3.09. The first-order valence-corrected chi connectivity index (χ1v) is 7.89. The van der Waals surface area contributed by atoms with Crippen molar-refractivity contribution in [2.45, 2.75) is 19.4 Å². The average molecular weight is 353 g/mol. The summed E-state index contributed by atoms with van der Waals surface area (Å²) in [4.78, 5) is 16.6. The van der Waals surface area contributed by atoms with Gasteiger partial charge in [0.05, 0.1) is 40.3 Å². The number of carbonyl (C=O) groups is 1. The minimum absolute atomic E-state index is 0.104. The van der Waals surface area contributed by atoms with Crippen LogP contribution in [0.1, 0.15) is 18.9 Å². The Balaban J connectivity index is 1.98. The lowest BCUT2D eigenvalue weighted by Crippen LogP contribution is -2.20. The minimum Gasteiger partial charge on any atom is -0.493 e. The van der Waals surface area contributed by atoms with Crippen LogP contribution in [0, 0.1) is 0 Å². The van der Waals surface area contributed by atoms with Crippen molar-refractivity contribution >= 4 is 11.7 Å². The molecular formula is C17H23NO7. The maximum Gasteiger partial charge on any atom is 0.332 e. The number of oxime groups is 1. The van der Waals surface area contributed by atoms with Crippen LogP contribution in [0.5, 0.6) is 17.2 Å². The van der Waals surface area contributed by atoms with Crippen molar-refractivity contribution in [2.75, 3.05) is 41.2 Å². The molecule has 0 fully saturated rings. The van der Waals surface area contributed by atoms with E-state index in [1.54, 1.807) is 28.3 Å². The minimum atomic E-state index is -0.397. The van der Waals surface area contributed by atoms with Crippen molar-refractivity contribution in [1.29, 1.82) is 0 Å². The molecule has 0 saturated carbocycles. The lowest BCUT2D eigenvalue weighted by molar-refractivity contribution is -0.149. The maximum atomic E-state index is 11.2. The number of rotatable bonds is 9. The molecule has 138 valence electrons. The van der Waals surface area contributed by atoms with Crippen LogP contribution in [0.2, 0.25) is 0 Å². The third-order valence-electron chi connectivity index (χ3n) is 3.56. The number of nitrogens with zero attached hydrogens (tertiary/aromatic N) is 1. The summed E-state index contributed by atoms with van der Waals surface area (Å²) < 4.78 is 26.1. The Morgan fingerprint density at radius 2 is 1.88 bits per heavy atom. The molecule has 1 aliphatic heterocycles. The van der Waals surface area contributed by atoms with E-state index in [-0.39, 0.29) is 19.3 Å². The zero-order valence-corrected chi connectivity index (χ0v) is 14.9. The Bertz CT molecular complexity index is 604. The summed E-state index contributed by atoms with van der Waals surface area (Å²) in [6.07, 6.45) is 0.282. The summed E-state index contributed by atoms with van der Waals surface area (Å²) >= 11 is 0. The summed E-state index contributed by atoms with van der Waals surface area (Å²) in [5.41, 5.74) is 1.55. The van der Waals surface area contributed by atoms with Gasteiger partial charge < -0.3 is 28.5 Å². The number of hydrogen-bond donors (Lipinski definition) is 0. The molecule has 0 saturated heterocycles. The Morgan fingerprint density at radius 1 is 1.20 bits per heavy atom. The van der Waals surface area contributed by atoms with Crippen LogP contribution in [0.3, 0.4) is 0 Å². The van der Waals surface area contributed by atoms with Gasteiger partial charge in [-0.3, -0.25) is 0 Å². The van der Waals surface area contributed by atoms with Gasteiger partial charge in [-0.25, -0.2) is 4.79 Å². The second-order valence-electron chi connectivity index (χ2n) is 5.20. The Labute approximate surface area is 146 Å². The zero-order valence-electron chi connectivity index (χ0n) is 14.9. The topological polar surface area (TPSA) is 84.8 Å². The van der Waals surface area contributed by atoms with E-state index in [0.29, 0.717) is 30.3 Å². The van der Waals surface area contributed by atoms with Gasteiger partial charge in [0.1, 0.15) is 6.61 Å². The first kappa shape index (κ1) is 18.9. The molecule has 1 aliphatic rings. The molecule has 0 aliphatic carbocycles. The number of hydrogen-bond acceptors (Lipinski definition) is 8. The summed E-state index contributed by atoms with van der Waals surface area (Å²) in [5.74, 6) is 1.21. The van der Waals surface area contributed by atoms with Crippen molar-refractivity contribution in [3.05, 3.63) is 17.7 Å². The van der Waals surface area contributed by atoms with Gasteiger partial charge >= 0.3 is 5.97 Å². The number of methoxy groups -OCH3 is 3. The molecule has 0 N–H and O–H groups in total. The normalized spacial score (nSPS) is 16.0. The quantitative estimate of drug-likeness (QED) is 0.626. The van der Waals surface area contributed by atoms with Crippen molar-refractivity contribution in [3.8, 4) is 17.2 Å². The van der Waals surface area contributed by atoms with E-state index in [1.807, 2.05) is 12.1 Å². The predicted molar refractivity (Wildman–Crippen MR) is 89.6 cm³/mol. The van der Waals surface area contributed by atoms with E-state index in [2.05, 4.69) is 5.16 Å². The van der Waals surface area contributed by atoms with Crippen LogP contribution in [-0.2, 0) is 19.1 Å². The molecule has 2 rings (SSSR count). The fraction of sp³-hybridized carbons (Fsp3) is 0.529. The molecule has 1 aromatic rings. The molecule has 8 heteroatoms. The van der Waals surface area contributed by atoms with Crippen molar-refractivity contribution in [1.82, 2.24) is 0 Å². The first-order chi connectivity index (χ1) is 12.1. The van der Waals surface area contributed by atoms with E-state index < -0.39 is 5.97 Å². The van der Waals surface area contributed by atoms with Crippen LogP contribution in [0.4, 0.5) is 0 Å². The van der Waals surface area contributed by atoms with Crippen molar-refractivity contribution < 1.29 is 33.3 Å². The Hall–Kier alpha value is -2.48. The Morgan fingerprint density at radius 3 is 2.44 bits per heavy atom. The Kier molecular flexibility index (Phi) is 6.88. The molecule has 0 radical (unpaired) electrons. The highest BCUT2D eigenvalue weighted by Gasteiger charge is 2.25. The van der Waals surface area contributed by atoms with Gasteiger partial charge in [0.15, 0.2) is 17.6 Å². The number of benzene rings is 1. The van der Waals surface area contributed by atoms with Crippen LogP contribution in [0.15, 0.2) is 17.3 Å². The van der Waals surface area contributed by atoms with Gasteiger partial charge in [0.2, 0.25) is 5.75 Å². The lowest BCUT2D eigenvalue weighted by Gasteiger charge is -2.13. The van der Waals surface area contributed by atoms with Crippen molar-refractivity contribution in [2.24, 2.45) is 5.16 Å². The van der Waals surface area contributed by atoms with E-state index in [4.69, 9.17) is 28.5 Å². The van der Waals surface area contributed by atoms with E-state index in [0.717, 1.165) is 11.3 Å². The largest absolute Gasteiger partial charge is 0.493 e. The van der Waals surface area contributed by atoms with Gasteiger partial charge in [0.25, 0.3) is 0 Å². The summed E-state index contributed by atoms with van der Waals surface area (Å²) in [5, 5.41) is 4.10. The monoisotopic (exact) mass is 353 g/mol. The zero-order chi connectivity index (χ0) is 18.2. The molecule has 1 atom stereocenters. The smallest absolute Gasteiger partial charge is 0.332 e. The van der Waals surface area contributed by atoms with Crippen LogP contribution < -0.4 is 14.2 Å². The molecule has 0 amide bonds. The molecule has 1 heterocycles. The number of ether oxygens (including phenoxy) is 5. The third kappa shape index (κ3) is 4.76. The number of esters is 1. The van der Waals surface area contributed by atoms with Gasteiger partial charge in [-0.2, -0.15) is 0 Å². The molecule has 1 unspecified atom stereocenters. The number of carbonyl (C=O) groups excluding carboxylic acids is 1. The first-order valence-electron chi connectivity index (χ1n) is 7.89. The highest BCUT2D eigenvalue weighted by atomic mass is 16.7. The SMILES string of the molecule is CCOC(=O)COCC1CC(c2cc(OC)c(OC)c(OC)c2)=NO1. The highest BCUT2D eigenvalue weighted by Crippen LogP contribution is 2.39. The highest BCUT2D eigenvalue weighted by molar-refractivity contribution is 6.02. The second-order valence-corrected chi connectivity index (χ2v) is 5.20. The third-order valence-corrected chi connectivity index (χ3v) is 3.56. The molecular weight excluding hydrogens is 330 g/mol. The summed E-state index contributed by atoms with van der Waals surface area (Å²) in [6.45, 7) is 2.22. The standard InChI is InChI=1S/C17H23NO7/c1-5-24-16(19)10-23-9-12-8-13(18-25-12)11-6-14(20-2)17(22-4)15(7-11)21-3/h6-7,12H,5,8-10H2,1-4H3. The van der Waals surface area contributed by atoms with E-state index in [9.17, 15) is 4.79 Å². The molecule has 0 spiro atoms. The fourth-order valence-corrected chi connectivity index (χ4v) is 2.41. The van der Waals surface area contributed by atoms with Gasteiger partial charge in [0, 0.05) is 12.0 Å². The maximum absolute atomic E-state index is 11.2. The summed E-state index contributed by atoms with van der Waals surface area (Å²) in [6, 6.07) is 3.62. The summed E-state index contributed by atoms with van der Waals surface area (Å²) in [7, 11) is 4.66. The van der Waals surface area contributed by atoms with Crippen LogP contribution in [-0.4, -0.2) is 58.9 Å². The molecule has 1 aromatic carbocycles. The molecule has 0 aromatic heterocycles. The lowest BCUT2D eigenvalue weighted by atomic mass is 10.0. The predicted octanol–water partition coefficient (Wildman–Crippen LogP) is 1.79. The van der Waals surface area contributed by atoms with Gasteiger partial charge in [-0.05, 0) is 19.1 Å². The van der Waals surface area contributed by atoms with E-state index in [1.165, 1.54) is 0 Å². The fourth-order valence-electron chi connectivity index (χ4n) is 2.41. The second kappa shape index (κ2) is 9.12. The molecule has 25 heavy (non-hydrogen) atoms. The van der Waals surface area contributed by atoms with E-state index >= 15 is 0 Å². The van der Waals surface area contributed by atoms with Gasteiger partial charge in [-0.1, -0.05) is 5.16 Å². The van der Waals surface area contributed by atoms with Crippen LogP contribution in [0.25, 0.3) is 0 Å². The van der Waals surface area contributed by atoms with Gasteiger partial charge in [-0.15, -0.1) is 0 Å². The van der Waals surface area contributed by atoms with Crippen molar-refractivity contribution in [3.63, 3.8) is 0 Å². The molecule has 0 bridgehead atoms. The molecule has 8 nitrogen and oxygen atoms in total.